The van der Waals surface area contributed by atoms with Crippen LogP contribution in [0.15, 0.2) is 65.7 Å². The van der Waals surface area contributed by atoms with Crippen molar-refractivity contribution in [3.8, 4) is 16.2 Å². The van der Waals surface area contributed by atoms with Gasteiger partial charge >= 0.3 is 0 Å². The minimum absolute atomic E-state index is 0.0551. The van der Waals surface area contributed by atoms with Gasteiger partial charge in [-0.25, -0.2) is 9.37 Å². The van der Waals surface area contributed by atoms with Gasteiger partial charge in [-0.3, -0.25) is 19.5 Å². The fourth-order valence-corrected chi connectivity index (χ4v) is 4.06. The average molecular weight is 441 g/mol. The van der Waals surface area contributed by atoms with Crippen LogP contribution in [0.3, 0.4) is 0 Å². The van der Waals surface area contributed by atoms with Gasteiger partial charge in [0.2, 0.25) is 0 Å². The lowest BCUT2D eigenvalue weighted by Crippen LogP contribution is -2.30. The van der Waals surface area contributed by atoms with Gasteiger partial charge in [0.1, 0.15) is 29.0 Å². The molecule has 0 unspecified atom stereocenters. The first-order chi connectivity index (χ1) is 14.9. The molecule has 0 amide bonds. The first kappa shape index (κ1) is 20.6. The first-order valence-electron chi connectivity index (χ1n) is 9.21. The van der Waals surface area contributed by atoms with E-state index in [1.807, 2.05) is 0 Å². The van der Waals surface area contributed by atoms with Crippen molar-refractivity contribution in [1.29, 1.82) is 0 Å². The van der Waals surface area contributed by atoms with Crippen molar-refractivity contribution in [1.82, 2.24) is 9.55 Å². The third kappa shape index (κ3) is 4.60. The normalized spacial score (nSPS) is 12.1. The maximum Gasteiger partial charge on any atom is 0.273 e. The number of rotatable bonds is 7. The largest absolute Gasteiger partial charge is 0.491 e. The maximum absolute atomic E-state index is 13.1. The molecule has 4 rings (SSSR count). The van der Waals surface area contributed by atoms with Gasteiger partial charge in [-0.15, -0.1) is 11.3 Å². The number of ether oxygens (including phenoxy) is 1. The second-order valence-corrected chi connectivity index (χ2v) is 7.81. The van der Waals surface area contributed by atoms with E-state index >= 15 is 0 Å². The lowest BCUT2D eigenvalue weighted by Gasteiger charge is -2.13. The molecule has 0 spiro atoms. The molecule has 0 fully saturated rings. The molecule has 31 heavy (non-hydrogen) atoms. The van der Waals surface area contributed by atoms with Crippen molar-refractivity contribution in [2.45, 2.75) is 12.6 Å². The zero-order valence-electron chi connectivity index (χ0n) is 16.0. The van der Waals surface area contributed by atoms with Crippen molar-refractivity contribution < 1.29 is 19.2 Å². The van der Waals surface area contributed by atoms with Crippen molar-refractivity contribution in [3.63, 3.8) is 0 Å². The molecular formula is C21H16FN3O5S. The Morgan fingerprint density at radius 1 is 1.23 bits per heavy atom. The Hall–Kier alpha value is -3.63. The number of hydrogen-bond acceptors (Lipinski definition) is 7. The summed E-state index contributed by atoms with van der Waals surface area (Å²) >= 11 is 1.24. The molecule has 2 heterocycles. The minimum atomic E-state index is -1.03. The number of nitrogens with zero attached hydrogens (tertiary/aromatic N) is 3. The van der Waals surface area contributed by atoms with Crippen LogP contribution in [0.1, 0.15) is 0 Å². The molecule has 1 atom stereocenters. The van der Waals surface area contributed by atoms with E-state index in [1.54, 1.807) is 24.3 Å². The van der Waals surface area contributed by atoms with Gasteiger partial charge in [0.25, 0.3) is 11.2 Å². The molecule has 1 N–H and O–H groups in total. The van der Waals surface area contributed by atoms with E-state index in [4.69, 9.17) is 4.74 Å². The van der Waals surface area contributed by atoms with Crippen molar-refractivity contribution in [2.24, 2.45) is 0 Å². The predicted molar refractivity (Wildman–Crippen MR) is 114 cm³/mol. The fraction of sp³-hybridized carbons (Fsp3) is 0.143. The highest BCUT2D eigenvalue weighted by Gasteiger charge is 2.14. The Morgan fingerprint density at radius 3 is 2.74 bits per heavy atom. The molecule has 158 valence electrons. The van der Waals surface area contributed by atoms with Crippen LogP contribution in [0.5, 0.6) is 5.75 Å². The molecule has 2 aromatic heterocycles. The number of fused-ring (bicyclic) bond motifs is 1. The van der Waals surface area contributed by atoms with Crippen LogP contribution in [-0.4, -0.2) is 32.3 Å². The van der Waals surface area contributed by atoms with Crippen LogP contribution in [0.25, 0.3) is 20.7 Å². The van der Waals surface area contributed by atoms with Crippen LogP contribution in [0.2, 0.25) is 0 Å². The summed E-state index contributed by atoms with van der Waals surface area (Å²) in [6, 6.07) is 13.4. The van der Waals surface area contributed by atoms with E-state index in [2.05, 4.69) is 4.98 Å². The highest BCUT2D eigenvalue weighted by Crippen LogP contribution is 2.30. The molecule has 2 aromatic carbocycles. The lowest BCUT2D eigenvalue weighted by atomic mass is 10.2. The van der Waals surface area contributed by atoms with E-state index in [9.17, 15) is 24.4 Å². The molecule has 8 nitrogen and oxygen atoms in total. The Labute approximate surface area is 178 Å². The second kappa shape index (κ2) is 8.62. The summed E-state index contributed by atoms with van der Waals surface area (Å²) in [5, 5.41) is 21.1. The minimum Gasteiger partial charge on any atom is -0.491 e. The third-order valence-electron chi connectivity index (χ3n) is 4.51. The summed E-state index contributed by atoms with van der Waals surface area (Å²) in [5.74, 6) is -0.0944. The van der Waals surface area contributed by atoms with E-state index in [-0.39, 0.29) is 36.0 Å². The monoisotopic (exact) mass is 441 g/mol. The number of benzene rings is 2. The number of halogens is 1. The molecule has 0 aliphatic heterocycles. The third-order valence-corrected chi connectivity index (χ3v) is 5.67. The van der Waals surface area contributed by atoms with Crippen molar-refractivity contribution in [2.75, 3.05) is 6.61 Å². The van der Waals surface area contributed by atoms with Crippen molar-refractivity contribution in [3.05, 3.63) is 87.2 Å². The van der Waals surface area contributed by atoms with Gasteiger partial charge in [0.05, 0.1) is 29.4 Å². The van der Waals surface area contributed by atoms with Crippen molar-refractivity contribution >= 4 is 27.2 Å². The fourth-order valence-electron chi connectivity index (χ4n) is 2.99. The standard InChI is InChI=1S/C21H16FN3O5S/c22-14-6-4-13(5-7-14)19-9-18-20(31-19)21(27)24(12-23-18)10-16(26)11-30-17-3-1-2-15(8-17)25(28)29/h1-9,12,16,26H,10-11H2/t16-/m1/s1. The zero-order valence-corrected chi connectivity index (χ0v) is 16.8. The van der Waals surface area contributed by atoms with Crippen LogP contribution in [0.4, 0.5) is 10.1 Å². The summed E-state index contributed by atoms with van der Waals surface area (Å²) in [4.78, 5) is 28.2. The summed E-state index contributed by atoms with van der Waals surface area (Å²) in [7, 11) is 0. The highest BCUT2D eigenvalue weighted by molar-refractivity contribution is 7.22. The SMILES string of the molecule is O=c1c2sc(-c3ccc(F)cc3)cc2ncn1C[C@@H](O)COc1cccc([N+](=O)[O-])c1. The van der Waals surface area contributed by atoms with Gasteiger partial charge in [-0.2, -0.15) is 0 Å². The zero-order chi connectivity index (χ0) is 22.0. The predicted octanol–water partition coefficient (Wildman–Crippen LogP) is 3.61. The number of nitro benzene ring substituents is 1. The van der Waals surface area contributed by atoms with Crippen LogP contribution in [-0.2, 0) is 6.54 Å². The van der Waals surface area contributed by atoms with Crippen LogP contribution >= 0.6 is 11.3 Å². The van der Waals surface area contributed by atoms with E-state index in [0.717, 1.165) is 10.4 Å². The highest BCUT2D eigenvalue weighted by atomic mass is 32.1. The van der Waals surface area contributed by atoms with Crippen LogP contribution in [0, 0.1) is 15.9 Å². The van der Waals surface area contributed by atoms with Gasteiger partial charge in [0, 0.05) is 10.9 Å². The van der Waals surface area contributed by atoms with Gasteiger partial charge < -0.3 is 9.84 Å². The van der Waals surface area contributed by atoms with E-state index in [0.29, 0.717) is 10.2 Å². The molecule has 0 bridgehead atoms. The molecule has 10 heteroatoms. The molecular weight excluding hydrogens is 425 g/mol. The quantitative estimate of drug-likeness (QED) is 0.347. The smallest absolute Gasteiger partial charge is 0.273 e. The molecule has 0 aliphatic rings. The molecule has 0 aliphatic carbocycles. The van der Waals surface area contributed by atoms with E-state index < -0.39 is 11.0 Å². The summed E-state index contributed by atoms with van der Waals surface area (Å²) in [5.41, 5.74) is 0.874. The number of aromatic nitrogens is 2. The summed E-state index contributed by atoms with van der Waals surface area (Å²) in [6.07, 6.45) is 0.315. The number of thiophene rings is 1. The van der Waals surface area contributed by atoms with Gasteiger partial charge in [-0.1, -0.05) is 18.2 Å². The molecule has 0 saturated heterocycles. The number of hydrogen-bond donors (Lipinski definition) is 1. The first-order valence-corrected chi connectivity index (χ1v) is 10.0. The topological polar surface area (TPSA) is 107 Å². The lowest BCUT2D eigenvalue weighted by molar-refractivity contribution is -0.384. The van der Waals surface area contributed by atoms with Crippen LogP contribution < -0.4 is 10.3 Å². The summed E-state index contributed by atoms with van der Waals surface area (Å²) < 4.78 is 20.3. The summed E-state index contributed by atoms with van der Waals surface area (Å²) in [6.45, 7) is -0.211. The number of aliphatic hydroxyl groups is 1. The average Bonchev–Trinajstić information content (AvgIpc) is 3.20. The molecule has 0 saturated carbocycles. The maximum atomic E-state index is 13.1. The Morgan fingerprint density at radius 2 is 2.00 bits per heavy atom. The van der Waals surface area contributed by atoms with Gasteiger partial charge in [0.15, 0.2) is 0 Å². The molecule has 0 radical (unpaired) electrons. The Balaban J connectivity index is 1.48. The number of aliphatic hydroxyl groups excluding tert-OH is 1. The number of nitro groups is 1. The Bertz CT molecular complexity index is 1300. The van der Waals surface area contributed by atoms with E-state index in [1.165, 1.54) is 52.6 Å². The number of non-ortho nitro benzene ring substituents is 1. The molecule has 4 aromatic rings. The Kier molecular flexibility index (Phi) is 5.74. The second-order valence-electron chi connectivity index (χ2n) is 6.75. The van der Waals surface area contributed by atoms with Gasteiger partial charge in [-0.05, 0) is 29.8 Å².